The Morgan fingerprint density at radius 1 is 0.971 bits per heavy atom. The molecule has 6 aromatic rings. The number of pyridine rings is 2. The normalized spacial score (nSPS) is 11.4. The molecule has 0 aliphatic heterocycles. The van der Waals surface area contributed by atoms with Crippen LogP contribution in [0, 0.1) is 5.82 Å². The third kappa shape index (κ3) is 3.30. The Bertz CT molecular complexity index is 1690. The van der Waals surface area contributed by atoms with Crippen LogP contribution in [0.5, 0.6) is 5.75 Å². The second-order valence-electron chi connectivity index (χ2n) is 7.86. The SMILES string of the molecule is COc1cc(F)cc(-c2cccc3[nH]c(-c4n[nH]c5cnc(-c6cncc(N)c6)cc45)nc23)c1. The van der Waals surface area contributed by atoms with E-state index in [-0.39, 0.29) is 5.82 Å². The van der Waals surface area contributed by atoms with Crippen LogP contribution in [0.2, 0.25) is 0 Å². The fraction of sp³-hybridized carbons (Fsp3) is 0.0400. The second-order valence-corrected chi connectivity index (χ2v) is 7.86. The van der Waals surface area contributed by atoms with Crippen LogP contribution in [0.1, 0.15) is 0 Å². The van der Waals surface area contributed by atoms with Crippen LogP contribution in [0.4, 0.5) is 10.1 Å². The maximum absolute atomic E-state index is 14.2. The molecule has 4 heterocycles. The van der Waals surface area contributed by atoms with Gasteiger partial charge in [-0.2, -0.15) is 5.10 Å². The lowest BCUT2D eigenvalue weighted by Crippen LogP contribution is -1.90. The van der Waals surface area contributed by atoms with Gasteiger partial charge < -0.3 is 15.5 Å². The van der Waals surface area contributed by atoms with Crippen LogP contribution in [0.3, 0.4) is 0 Å². The molecule has 0 fully saturated rings. The molecular formula is C25H18FN7O. The molecule has 0 atom stereocenters. The summed E-state index contributed by atoms with van der Waals surface area (Å²) >= 11 is 0. The number of aromatic nitrogens is 6. The van der Waals surface area contributed by atoms with Crippen molar-refractivity contribution in [1.29, 1.82) is 0 Å². The van der Waals surface area contributed by atoms with Crippen molar-refractivity contribution in [2.75, 3.05) is 12.8 Å². The van der Waals surface area contributed by atoms with Gasteiger partial charge in [-0.3, -0.25) is 15.1 Å². The number of nitrogens with one attached hydrogen (secondary N) is 2. The average Bonchev–Trinajstić information content (AvgIpc) is 3.47. The highest BCUT2D eigenvalue weighted by Gasteiger charge is 2.17. The molecule has 0 unspecified atom stereocenters. The summed E-state index contributed by atoms with van der Waals surface area (Å²) in [6, 6.07) is 14.1. The molecule has 0 spiro atoms. The maximum Gasteiger partial charge on any atom is 0.159 e. The zero-order chi connectivity index (χ0) is 23.2. The van der Waals surface area contributed by atoms with Crippen LogP contribution < -0.4 is 10.5 Å². The minimum absolute atomic E-state index is 0.378. The molecule has 0 aliphatic carbocycles. The standard InChI is InChI=1S/C25H18FN7O/c1-34-17-7-13(5-15(26)8-17)18-3-2-4-20-23(18)31-25(30-20)24-19-9-21(29-12-22(19)32-33-24)14-6-16(27)11-28-10-14/h2-12H,27H2,1H3,(H,30,31)(H,32,33). The number of methoxy groups -OCH3 is 1. The van der Waals surface area contributed by atoms with Gasteiger partial charge in [0.15, 0.2) is 5.82 Å². The highest BCUT2D eigenvalue weighted by molar-refractivity contribution is 5.98. The van der Waals surface area contributed by atoms with E-state index in [9.17, 15) is 4.39 Å². The Hall–Kier alpha value is -4.79. The quantitative estimate of drug-likeness (QED) is 0.349. The van der Waals surface area contributed by atoms with Crippen molar-refractivity contribution in [2.45, 2.75) is 0 Å². The summed E-state index contributed by atoms with van der Waals surface area (Å²) in [5.74, 6) is 0.647. The van der Waals surface area contributed by atoms with Gasteiger partial charge in [0, 0.05) is 35.0 Å². The first-order chi connectivity index (χ1) is 16.6. The molecule has 0 amide bonds. The number of aromatic amines is 2. The fourth-order valence-corrected chi connectivity index (χ4v) is 4.07. The smallest absolute Gasteiger partial charge is 0.159 e. The number of halogens is 1. The third-order valence-corrected chi connectivity index (χ3v) is 5.66. The minimum atomic E-state index is -0.378. The van der Waals surface area contributed by atoms with E-state index < -0.39 is 0 Å². The van der Waals surface area contributed by atoms with Crippen LogP contribution >= 0.6 is 0 Å². The van der Waals surface area contributed by atoms with Gasteiger partial charge in [0.1, 0.15) is 17.3 Å². The largest absolute Gasteiger partial charge is 0.497 e. The van der Waals surface area contributed by atoms with E-state index in [1.807, 2.05) is 30.3 Å². The number of para-hydroxylation sites is 1. The van der Waals surface area contributed by atoms with Gasteiger partial charge in [0.2, 0.25) is 0 Å². The summed E-state index contributed by atoms with van der Waals surface area (Å²) in [4.78, 5) is 16.8. The van der Waals surface area contributed by atoms with Crippen LogP contribution in [-0.4, -0.2) is 37.2 Å². The number of ether oxygens (including phenoxy) is 1. The maximum atomic E-state index is 14.2. The molecule has 6 rings (SSSR count). The van der Waals surface area contributed by atoms with Crippen LogP contribution in [0.15, 0.2) is 67.1 Å². The fourth-order valence-electron chi connectivity index (χ4n) is 4.07. The molecule has 9 heteroatoms. The van der Waals surface area contributed by atoms with Gasteiger partial charge in [-0.15, -0.1) is 0 Å². The number of hydrogen-bond donors (Lipinski definition) is 3. The van der Waals surface area contributed by atoms with Crippen molar-refractivity contribution < 1.29 is 9.13 Å². The van der Waals surface area contributed by atoms with Crippen molar-refractivity contribution >= 4 is 27.6 Å². The van der Waals surface area contributed by atoms with Crippen LogP contribution in [-0.2, 0) is 0 Å². The monoisotopic (exact) mass is 451 g/mol. The molecule has 4 aromatic heterocycles. The Kier molecular flexibility index (Phi) is 4.48. The molecule has 0 saturated carbocycles. The van der Waals surface area contributed by atoms with Crippen LogP contribution in [0.25, 0.3) is 55.8 Å². The van der Waals surface area contributed by atoms with Gasteiger partial charge in [0.05, 0.1) is 41.2 Å². The number of nitrogens with two attached hydrogens (primary N) is 1. The van der Waals surface area contributed by atoms with E-state index in [4.69, 9.17) is 15.5 Å². The summed E-state index contributed by atoms with van der Waals surface area (Å²) in [6.45, 7) is 0. The molecule has 8 nitrogen and oxygen atoms in total. The highest BCUT2D eigenvalue weighted by atomic mass is 19.1. The van der Waals surface area contributed by atoms with Gasteiger partial charge in [-0.25, -0.2) is 9.37 Å². The Balaban J connectivity index is 1.50. The molecule has 4 N–H and O–H groups in total. The topological polar surface area (TPSA) is 118 Å². The summed E-state index contributed by atoms with van der Waals surface area (Å²) < 4.78 is 19.4. The number of nitrogens with zero attached hydrogens (tertiary/aromatic N) is 4. The predicted octanol–water partition coefficient (Wildman–Crippen LogP) is 4.96. The lowest BCUT2D eigenvalue weighted by atomic mass is 10.0. The average molecular weight is 451 g/mol. The van der Waals surface area contributed by atoms with Gasteiger partial charge in [0.25, 0.3) is 0 Å². The van der Waals surface area contributed by atoms with Crippen molar-refractivity contribution in [1.82, 2.24) is 30.1 Å². The number of anilines is 1. The van der Waals surface area contributed by atoms with E-state index >= 15 is 0 Å². The van der Waals surface area contributed by atoms with E-state index in [0.29, 0.717) is 34.0 Å². The number of hydrogen-bond acceptors (Lipinski definition) is 6. The number of nitrogen functional groups attached to an aromatic ring is 1. The Morgan fingerprint density at radius 3 is 2.74 bits per heavy atom. The van der Waals surface area contributed by atoms with Crippen molar-refractivity contribution in [3.05, 3.63) is 72.9 Å². The first-order valence-electron chi connectivity index (χ1n) is 10.5. The predicted molar refractivity (Wildman–Crippen MR) is 129 cm³/mol. The molecule has 0 saturated heterocycles. The first kappa shape index (κ1) is 19.9. The number of benzene rings is 2. The van der Waals surface area contributed by atoms with Gasteiger partial charge >= 0.3 is 0 Å². The zero-order valence-corrected chi connectivity index (χ0v) is 18.0. The number of imidazole rings is 1. The summed E-state index contributed by atoms with van der Waals surface area (Å²) in [7, 11) is 1.51. The van der Waals surface area contributed by atoms with E-state index in [1.165, 1.54) is 19.2 Å². The molecule has 0 radical (unpaired) electrons. The molecule has 166 valence electrons. The summed E-state index contributed by atoms with van der Waals surface area (Å²) in [6.07, 6.45) is 5.02. The molecule has 2 aromatic carbocycles. The first-order valence-corrected chi connectivity index (χ1v) is 10.5. The number of fused-ring (bicyclic) bond motifs is 2. The van der Waals surface area contributed by atoms with Crippen molar-refractivity contribution in [3.8, 4) is 39.7 Å². The molecule has 0 bridgehead atoms. The minimum Gasteiger partial charge on any atom is -0.497 e. The second kappa shape index (κ2) is 7.66. The van der Waals surface area contributed by atoms with Crippen molar-refractivity contribution in [2.24, 2.45) is 0 Å². The highest BCUT2D eigenvalue weighted by Crippen LogP contribution is 2.34. The third-order valence-electron chi connectivity index (χ3n) is 5.66. The van der Waals surface area contributed by atoms with Crippen molar-refractivity contribution in [3.63, 3.8) is 0 Å². The molecular weight excluding hydrogens is 433 g/mol. The summed E-state index contributed by atoms with van der Waals surface area (Å²) in [5.41, 5.74) is 12.4. The number of rotatable bonds is 4. The van der Waals surface area contributed by atoms with E-state index in [2.05, 4.69) is 25.1 Å². The Morgan fingerprint density at radius 2 is 1.88 bits per heavy atom. The van der Waals surface area contributed by atoms with Gasteiger partial charge in [-0.05, 0) is 35.9 Å². The molecule has 0 aliphatic rings. The lowest BCUT2D eigenvalue weighted by Gasteiger charge is -2.06. The lowest BCUT2D eigenvalue weighted by molar-refractivity contribution is 0.411. The van der Waals surface area contributed by atoms with E-state index in [1.54, 1.807) is 24.7 Å². The molecule has 34 heavy (non-hydrogen) atoms. The zero-order valence-electron chi connectivity index (χ0n) is 18.0. The van der Waals surface area contributed by atoms with E-state index in [0.717, 1.165) is 33.2 Å². The number of H-pyrrole nitrogens is 2. The Labute approximate surface area is 192 Å². The van der Waals surface area contributed by atoms with Gasteiger partial charge in [-0.1, -0.05) is 12.1 Å². The summed E-state index contributed by atoms with van der Waals surface area (Å²) in [5, 5.41) is 8.34.